The van der Waals surface area contributed by atoms with Gasteiger partial charge in [-0.15, -0.1) is 0 Å². The lowest BCUT2D eigenvalue weighted by atomic mass is 9.75. The number of benzene rings is 1. The number of hydrogen-bond acceptors (Lipinski definition) is 4. The molecule has 1 heterocycles. The number of aliphatic hydroxyl groups excluding tert-OH is 1. The molecule has 20 heavy (non-hydrogen) atoms. The quantitative estimate of drug-likeness (QED) is 0.681. The van der Waals surface area contributed by atoms with Crippen LogP contribution in [-0.2, 0) is 0 Å². The largest absolute Gasteiger partial charge is 0.508 e. The van der Waals surface area contributed by atoms with E-state index in [4.69, 9.17) is 4.74 Å². The SMILES string of the molecule is CC1(C)Oc2ccc(O)cc2[C@H](O)[C@@H]2[C@@H]1CC[C@]2(C)O. The molecule has 1 aromatic carbocycles. The van der Waals surface area contributed by atoms with Crippen molar-refractivity contribution in [2.75, 3.05) is 0 Å². The predicted molar refractivity (Wildman–Crippen MR) is 74.6 cm³/mol. The predicted octanol–water partition coefficient (Wildman–Crippen LogP) is 2.37. The Balaban J connectivity index is 2.16. The molecule has 1 aliphatic heterocycles. The molecule has 110 valence electrons. The summed E-state index contributed by atoms with van der Waals surface area (Å²) in [5.74, 6) is 0.466. The Morgan fingerprint density at radius 3 is 2.65 bits per heavy atom. The van der Waals surface area contributed by atoms with Crippen LogP contribution in [-0.4, -0.2) is 26.5 Å². The smallest absolute Gasteiger partial charge is 0.126 e. The van der Waals surface area contributed by atoms with Crippen molar-refractivity contribution in [2.24, 2.45) is 11.8 Å². The first-order valence-corrected chi connectivity index (χ1v) is 7.15. The number of aliphatic hydroxyl groups is 2. The third-order valence-corrected chi connectivity index (χ3v) is 5.03. The van der Waals surface area contributed by atoms with Gasteiger partial charge < -0.3 is 20.1 Å². The number of rotatable bonds is 0. The average molecular weight is 278 g/mol. The second-order valence-corrected chi connectivity index (χ2v) is 6.90. The van der Waals surface area contributed by atoms with Gasteiger partial charge in [-0.2, -0.15) is 0 Å². The van der Waals surface area contributed by atoms with E-state index in [-0.39, 0.29) is 17.6 Å². The number of aromatic hydroxyl groups is 1. The summed E-state index contributed by atoms with van der Waals surface area (Å²) in [7, 11) is 0. The molecular formula is C16H22O4. The second-order valence-electron chi connectivity index (χ2n) is 6.90. The van der Waals surface area contributed by atoms with Crippen LogP contribution in [0.15, 0.2) is 18.2 Å². The first kappa shape index (κ1) is 13.7. The van der Waals surface area contributed by atoms with Gasteiger partial charge in [0, 0.05) is 17.4 Å². The molecule has 3 rings (SSSR count). The normalized spacial score (nSPS) is 38.5. The number of hydrogen-bond donors (Lipinski definition) is 3. The second kappa shape index (κ2) is 4.12. The molecule has 2 aliphatic rings. The van der Waals surface area contributed by atoms with Crippen molar-refractivity contribution in [1.82, 2.24) is 0 Å². The van der Waals surface area contributed by atoms with E-state index in [2.05, 4.69) is 0 Å². The van der Waals surface area contributed by atoms with Gasteiger partial charge in [-0.05, 0) is 51.8 Å². The molecule has 4 atom stereocenters. The van der Waals surface area contributed by atoms with Crippen LogP contribution in [0.2, 0.25) is 0 Å². The average Bonchev–Trinajstić information content (AvgIpc) is 2.62. The summed E-state index contributed by atoms with van der Waals surface area (Å²) < 4.78 is 6.09. The van der Waals surface area contributed by atoms with E-state index < -0.39 is 17.3 Å². The summed E-state index contributed by atoms with van der Waals surface area (Å²) in [6, 6.07) is 4.78. The molecule has 0 saturated heterocycles. The minimum atomic E-state index is -0.919. The van der Waals surface area contributed by atoms with Crippen molar-refractivity contribution in [1.29, 1.82) is 0 Å². The molecule has 0 unspecified atom stereocenters. The molecule has 1 aliphatic carbocycles. The van der Waals surface area contributed by atoms with Gasteiger partial charge in [0.2, 0.25) is 0 Å². The maximum atomic E-state index is 10.8. The van der Waals surface area contributed by atoms with E-state index in [0.717, 1.165) is 6.42 Å². The van der Waals surface area contributed by atoms with Crippen molar-refractivity contribution >= 4 is 0 Å². The minimum absolute atomic E-state index is 0.0713. The van der Waals surface area contributed by atoms with Crippen LogP contribution in [0, 0.1) is 11.8 Å². The molecule has 4 nitrogen and oxygen atoms in total. The van der Waals surface area contributed by atoms with Crippen LogP contribution in [0.4, 0.5) is 0 Å². The number of fused-ring (bicyclic) bond motifs is 2. The highest BCUT2D eigenvalue weighted by Crippen LogP contribution is 2.55. The Hall–Kier alpha value is -1.26. The highest BCUT2D eigenvalue weighted by atomic mass is 16.5. The molecule has 3 N–H and O–H groups in total. The van der Waals surface area contributed by atoms with E-state index in [1.54, 1.807) is 19.1 Å². The van der Waals surface area contributed by atoms with Gasteiger partial charge in [0.15, 0.2) is 0 Å². The first-order chi connectivity index (χ1) is 9.22. The fourth-order valence-corrected chi connectivity index (χ4v) is 3.98. The zero-order valence-electron chi connectivity index (χ0n) is 12.1. The lowest BCUT2D eigenvalue weighted by Gasteiger charge is -2.37. The number of phenols is 1. The van der Waals surface area contributed by atoms with E-state index in [0.29, 0.717) is 17.7 Å². The molecule has 1 saturated carbocycles. The van der Waals surface area contributed by atoms with Crippen molar-refractivity contribution in [2.45, 2.75) is 50.9 Å². The van der Waals surface area contributed by atoms with Gasteiger partial charge in [-0.3, -0.25) is 0 Å². The molecule has 1 aromatic rings. The summed E-state index contributed by atoms with van der Waals surface area (Å²) >= 11 is 0. The van der Waals surface area contributed by atoms with Crippen molar-refractivity contribution in [3.63, 3.8) is 0 Å². The Labute approximate surface area is 119 Å². The maximum Gasteiger partial charge on any atom is 0.126 e. The van der Waals surface area contributed by atoms with Gasteiger partial charge in [-0.25, -0.2) is 0 Å². The van der Waals surface area contributed by atoms with Crippen LogP contribution in [0.25, 0.3) is 0 Å². The third kappa shape index (κ3) is 1.90. The number of phenolic OH excluding ortho intramolecular Hbond substituents is 1. The highest BCUT2D eigenvalue weighted by Gasteiger charge is 2.55. The van der Waals surface area contributed by atoms with Crippen molar-refractivity contribution < 1.29 is 20.1 Å². The lowest BCUT2D eigenvalue weighted by molar-refractivity contribution is -0.0768. The van der Waals surface area contributed by atoms with Gasteiger partial charge in [0.05, 0.1) is 11.7 Å². The Morgan fingerprint density at radius 1 is 1.25 bits per heavy atom. The highest BCUT2D eigenvalue weighted by molar-refractivity contribution is 5.43. The monoisotopic (exact) mass is 278 g/mol. The summed E-state index contributed by atoms with van der Waals surface area (Å²) in [4.78, 5) is 0. The summed E-state index contributed by atoms with van der Waals surface area (Å²) in [6.07, 6.45) is 0.642. The fourth-order valence-electron chi connectivity index (χ4n) is 3.98. The molecule has 0 spiro atoms. The molecule has 0 radical (unpaired) electrons. The lowest BCUT2D eigenvalue weighted by Crippen LogP contribution is -2.44. The zero-order valence-corrected chi connectivity index (χ0v) is 12.1. The standard InChI is InChI=1S/C16H22O4/c1-15(2)11-6-7-16(3,19)13(11)14(18)10-8-9(17)4-5-12(10)20-15/h4-5,8,11,13-14,17-19H,6-7H2,1-3H3/t11-,13-,14-,16-/m0/s1. The van der Waals surface area contributed by atoms with Crippen LogP contribution >= 0.6 is 0 Å². The fraction of sp³-hybridized carbons (Fsp3) is 0.625. The van der Waals surface area contributed by atoms with Gasteiger partial charge in [0.25, 0.3) is 0 Å². The van der Waals surface area contributed by atoms with Crippen molar-refractivity contribution in [3.8, 4) is 11.5 Å². The summed E-state index contributed by atoms with van der Waals surface area (Å²) in [6.45, 7) is 5.78. The van der Waals surface area contributed by atoms with E-state index in [1.165, 1.54) is 6.07 Å². The van der Waals surface area contributed by atoms with E-state index in [9.17, 15) is 15.3 Å². The molecule has 0 aromatic heterocycles. The van der Waals surface area contributed by atoms with Crippen LogP contribution in [0.5, 0.6) is 11.5 Å². The zero-order chi connectivity index (χ0) is 14.7. The topological polar surface area (TPSA) is 69.9 Å². The maximum absolute atomic E-state index is 10.8. The molecule has 1 fully saturated rings. The Bertz CT molecular complexity index is 535. The van der Waals surface area contributed by atoms with Gasteiger partial charge in [-0.1, -0.05) is 0 Å². The number of ether oxygens (including phenoxy) is 1. The summed E-state index contributed by atoms with van der Waals surface area (Å²) in [5, 5.41) is 31.1. The minimum Gasteiger partial charge on any atom is -0.508 e. The first-order valence-electron chi connectivity index (χ1n) is 7.15. The molecule has 4 heteroatoms. The van der Waals surface area contributed by atoms with Gasteiger partial charge >= 0.3 is 0 Å². The molecular weight excluding hydrogens is 256 g/mol. The third-order valence-electron chi connectivity index (χ3n) is 5.03. The van der Waals surface area contributed by atoms with Crippen LogP contribution in [0.1, 0.15) is 45.3 Å². The van der Waals surface area contributed by atoms with Crippen LogP contribution in [0.3, 0.4) is 0 Å². The Kier molecular flexibility index (Phi) is 2.82. The summed E-state index contributed by atoms with van der Waals surface area (Å²) in [5.41, 5.74) is -0.820. The Morgan fingerprint density at radius 2 is 1.95 bits per heavy atom. The molecule has 0 amide bonds. The van der Waals surface area contributed by atoms with Gasteiger partial charge in [0.1, 0.15) is 17.1 Å². The van der Waals surface area contributed by atoms with Crippen molar-refractivity contribution in [3.05, 3.63) is 23.8 Å². The molecule has 0 bridgehead atoms. The van der Waals surface area contributed by atoms with Crippen LogP contribution < -0.4 is 4.74 Å². The van der Waals surface area contributed by atoms with E-state index in [1.807, 2.05) is 13.8 Å². The van der Waals surface area contributed by atoms with E-state index >= 15 is 0 Å².